The number of nitrogens with one attached hydrogen (secondary N) is 2. The first kappa shape index (κ1) is 21.3. The predicted molar refractivity (Wildman–Crippen MR) is 125 cm³/mol. The zero-order chi connectivity index (χ0) is 22.7. The van der Waals surface area contributed by atoms with Gasteiger partial charge < -0.3 is 21.3 Å². The maximum Gasteiger partial charge on any atom is 0.254 e. The molecule has 8 heteroatoms. The lowest BCUT2D eigenvalue weighted by Gasteiger charge is -2.21. The van der Waals surface area contributed by atoms with E-state index in [0.29, 0.717) is 11.8 Å². The van der Waals surface area contributed by atoms with E-state index in [2.05, 4.69) is 20.6 Å². The van der Waals surface area contributed by atoms with Crippen LogP contribution in [-0.2, 0) is 4.79 Å². The summed E-state index contributed by atoms with van der Waals surface area (Å²) in [6.07, 6.45) is 3.45. The molecule has 1 aliphatic carbocycles. The van der Waals surface area contributed by atoms with Gasteiger partial charge in [-0.1, -0.05) is 36.4 Å². The molecular weight excluding hydrogens is 404 g/mol. The minimum Gasteiger partial charge on any atom is -0.365 e. The maximum atomic E-state index is 12.1. The van der Waals surface area contributed by atoms with Gasteiger partial charge in [-0.05, 0) is 43.5 Å². The van der Waals surface area contributed by atoms with Crippen molar-refractivity contribution in [1.82, 2.24) is 9.97 Å². The molecule has 0 bridgehead atoms. The summed E-state index contributed by atoms with van der Waals surface area (Å²) in [4.78, 5) is 34.6. The Labute approximate surface area is 186 Å². The van der Waals surface area contributed by atoms with Gasteiger partial charge in [-0.15, -0.1) is 0 Å². The van der Waals surface area contributed by atoms with Crippen molar-refractivity contribution in [1.29, 1.82) is 0 Å². The van der Waals surface area contributed by atoms with Crippen molar-refractivity contribution in [3.05, 3.63) is 71.9 Å². The van der Waals surface area contributed by atoms with Crippen molar-refractivity contribution in [2.45, 2.75) is 38.8 Å². The highest BCUT2D eigenvalue weighted by atomic mass is 16.2. The molecule has 2 amide bonds. The van der Waals surface area contributed by atoms with Crippen LogP contribution in [0.5, 0.6) is 0 Å². The fourth-order valence-electron chi connectivity index (χ4n) is 3.61. The number of rotatable bonds is 8. The Balaban J connectivity index is 1.58. The third-order valence-corrected chi connectivity index (χ3v) is 5.34. The minimum atomic E-state index is -0.608. The smallest absolute Gasteiger partial charge is 0.254 e. The molecule has 164 valence electrons. The van der Waals surface area contributed by atoms with Gasteiger partial charge in [0, 0.05) is 36.6 Å². The number of benzene rings is 2. The highest BCUT2D eigenvalue weighted by Crippen LogP contribution is 2.33. The van der Waals surface area contributed by atoms with Crippen molar-refractivity contribution in [2.24, 2.45) is 5.73 Å². The monoisotopic (exact) mass is 430 g/mol. The van der Waals surface area contributed by atoms with E-state index in [9.17, 15) is 9.59 Å². The predicted octanol–water partition coefficient (Wildman–Crippen LogP) is 4.01. The summed E-state index contributed by atoms with van der Waals surface area (Å²) in [5.41, 5.74) is 8.36. The summed E-state index contributed by atoms with van der Waals surface area (Å²) < 4.78 is 0. The summed E-state index contributed by atoms with van der Waals surface area (Å²) in [5.74, 6) is 0.0810. The number of primary amides is 1. The molecule has 32 heavy (non-hydrogen) atoms. The van der Waals surface area contributed by atoms with Crippen LogP contribution in [0.4, 0.5) is 23.1 Å². The summed E-state index contributed by atoms with van der Waals surface area (Å²) in [5, 5.41) is 6.42. The lowest BCUT2D eigenvalue weighted by atomic mass is 10.1. The van der Waals surface area contributed by atoms with Gasteiger partial charge in [0.1, 0.15) is 5.82 Å². The number of hydrogen-bond acceptors (Lipinski definition) is 6. The van der Waals surface area contributed by atoms with Gasteiger partial charge in [-0.2, -0.15) is 4.98 Å². The van der Waals surface area contributed by atoms with Crippen molar-refractivity contribution in [3.8, 4) is 0 Å². The molecule has 0 radical (unpaired) electrons. The molecule has 4 N–H and O–H groups in total. The van der Waals surface area contributed by atoms with Crippen LogP contribution in [-0.4, -0.2) is 27.8 Å². The molecule has 1 heterocycles. The van der Waals surface area contributed by atoms with Crippen LogP contribution >= 0.6 is 0 Å². The van der Waals surface area contributed by atoms with Crippen molar-refractivity contribution >= 4 is 35.0 Å². The topological polar surface area (TPSA) is 113 Å². The number of aromatic nitrogens is 2. The van der Waals surface area contributed by atoms with Crippen molar-refractivity contribution in [2.75, 3.05) is 15.5 Å². The van der Waals surface area contributed by atoms with Crippen LogP contribution in [0.1, 0.15) is 48.7 Å². The number of carbonyl (C=O) groups is 2. The Morgan fingerprint density at radius 3 is 2.53 bits per heavy atom. The van der Waals surface area contributed by atoms with Gasteiger partial charge >= 0.3 is 0 Å². The first-order chi connectivity index (χ1) is 15.4. The van der Waals surface area contributed by atoms with Crippen LogP contribution in [0, 0.1) is 0 Å². The second-order valence-electron chi connectivity index (χ2n) is 7.89. The fraction of sp³-hybridized carbons (Fsp3) is 0.250. The molecule has 8 nitrogen and oxygen atoms in total. The molecule has 4 rings (SSSR count). The van der Waals surface area contributed by atoms with E-state index in [0.717, 1.165) is 29.8 Å². The molecule has 1 saturated carbocycles. The van der Waals surface area contributed by atoms with Crippen molar-refractivity contribution in [3.63, 3.8) is 0 Å². The molecule has 1 aliphatic rings. The van der Waals surface area contributed by atoms with E-state index in [1.165, 1.54) is 6.20 Å². The third kappa shape index (κ3) is 4.85. The molecule has 2 aromatic carbocycles. The summed E-state index contributed by atoms with van der Waals surface area (Å²) in [7, 11) is 0. The average molecular weight is 431 g/mol. The molecule has 1 fully saturated rings. The van der Waals surface area contributed by atoms with Gasteiger partial charge in [0.2, 0.25) is 11.9 Å². The van der Waals surface area contributed by atoms with Gasteiger partial charge in [-0.3, -0.25) is 9.59 Å². The van der Waals surface area contributed by atoms with Crippen LogP contribution in [0.25, 0.3) is 0 Å². The summed E-state index contributed by atoms with van der Waals surface area (Å²) in [6.45, 7) is 3.56. The summed E-state index contributed by atoms with van der Waals surface area (Å²) in [6, 6.07) is 17.6. The SMILES string of the molecule is CC(=O)N(c1cccc(Nc2ncc(C(N)=O)c(N[C@H](C)c3ccccc3)n2)c1)C1CC1. The molecule has 3 aromatic rings. The number of anilines is 4. The molecule has 0 aliphatic heterocycles. The van der Waals surface area contributed by atoms with Crippen LogP contribution in [0.3, 0.4) is 0 Å². The number of amides is 2. The van der Waals surface area contributed by atoms with Gasteiger partial charge in [0.25, 0.3) is 5.91 Å². The maximum absolute atomic E-state index is 12.1. The second kappa shape index (κ2) is 9.05. The van der Waals surface area contributed by atoms with Crippen LogP contribution in [0.15, 0.2) is 60.8 Å². The Kier molecular flexibility index (Phi) is 6.02. The highest BCUT2D eigenvalue weighted by molar-refractivity contribution is 5.97. The first-order valence-electron chi connectivity index (χ1n) is 10.6. The number of nitrogens with zero attached hydrogens (tertiary/aromatic N) is 3. The summed E-state index contributed by atoms with van der Waals surface area (Å²) >= 11 is 0. The molecule has 0 spiro atoms. The second-order valence-corrected chi connectivity index (χ2v) is 7.89. The van der Waals surface area contributed by atoms with E-state index >= 15 is 0 Å². The molecule has 0 unspecified atom stereocenters. The van der Waals surface area contributed by atoms with E-state index in [1.54, 1.807) is 6.92 Å². The minimum absolute atomic E-state index is 0.0214. The molecule has 1 aromatic heterocycles. The Bertz CT molecular complexity index is 1130. The van der Waals surface area contributed by atoms with E-state index in [4.69, 9.17) is 5.73 Å². The average Bonchev–Trinajstić information content (AvgIpc) is 3.59. The third-order valence-electron chi connectivity index (χ3n) is 5.34. The largest absolute Gasteiger partial charge is 0.365 e. The Hall–Kier alpha value is -3.94. The van der Waals surface area contributed by atoms with E-state index in [-0.39, 0.29) is 23.6 Å². The number of carbonyl (C=O) groups excluding carboxylic acids is 2. The lowest BCUT2D eigenvalue weighted by molar-refractivity contribution is -0.116. The van der Waals surface area contributed by atoms with Gasteiger partial charge in [0.05, 0.1) is 5.56 Å². The van der Waals surface area contributed by atoms with Crippen molar-refractivity contribution < 1.29 is 9.59 Å². The molecule has 1 atom stereocenters. The van der Waals surface area contributed by atoms with E-state index in [1.807, 2.05) is 66.4 Å². The van der Waals surface area contributed by atoms with Gasteiger partial charge in [-0.25, -0.2) is 4.98 Å². The highest BCUT2D eigenvalue weighted by Gasteiger charge is 2.32. The quantitative estimate of drug-likeness (QED) is 0.498. The number of nitrogens with two attached hydrogens (primary N) is 1. The lowest BCUT2D eigenvalue weighted by Crippen LogP contribution is -2.30. The number of hydrogen-bond donors (Lipinski definition) is 3. The zero-order valence-corrected chi connectivity index (χ0v) is 18.1. The molecule has 0 saturated heterocycles. The Morgan fingerprint density at radius 1 is 1.12 bits per heavy atom. The fourth-order valence-corrected chi connectivity index (χ4v) is 3.61. The van der Waals surface area contributed by atoms with Crippen LogP contribution in [0.2, 0.25) is 0 Å². The van der Waals surface area contributed by atoms with Crippen LogP contribution < -0.4 is 21.3 Å². The Morgan fingerprint density at radius 2 is 1.88 bits per heavy atom. The first-order valence-corrected chi connectivity index (χ1v) is 10.6. The normalized spacial score (nSPS) is 13.8. The molecular formula is C24H26N6O2. The zero-order valence-electron chi connectivity index (χ0n) is 18.1. The van der Waals surface area contributed by atoms with Gasteiger partial charge in [0.15, 0.2) is 0 Å². The standard InChI is InChI=1S/C24H26N6O2/c1-15(17-7-4-3-5-8-17)27-23-21(22(25)32)14-26-24(29-23)28-18-9-6-10-20(13-18)30(16(2)31)19-11-12-19/h3-10,13-15,19H,11-12H2,1-2H3,(H2,25,32)(H2,26,27,28,29)/t15-/m1/s1. The van der Waals surface area contributed by atoms with E-state index < -0.39 is 5.91 Å².